The lowest BCUT2D eigenvalue weighted by Crippen LogP contribution is -2.38. The zero-order chi connectivity index (χ0) is 16.2. The van der Waals surface area contributed by atoms with Crippen molar-refractivity contribution in [1.82, 2.24) is 4.90 Å². The molecule has 2 amide bonds. The quantitative estimate of drug-likeness (QED) is 0.741. The highest BCUT2D eigenvalue weighted by Crippen LogP contribution is 2.33. The number of nitrogens with one attached hydrogen (secondary N) is 1. The largest absolute Gasteiger partial charge is 0.419 e. The monoisotopic (exact) mass is 310 g/mol. The molecule has 5 nitrogen and oxygen atoms in total. The third-order valence-electron chi connectivity index (χ3n) is 2.59. The first-order valence-corrected chi connectivity index (χ1v) is 5.83. The number of aliphatic hydroxyl groups excluding tert-OH is 2. The van der Waals surface area contributed by atoms with Gasteiger partial charge in [0.2, 0.25) is 0 Å². The van der Waals surface area contributed by atoms with Gasteiger partial charge in [-0.05, 0) is 12.1 Å². The molecular weight excluding hydrogens is 296 g/mol. The molecule has 0 heterocycles. The van der Waals surface area contributed by atoms with Crippen molar-refractivity contribution in [3.05, 3.63) is 29.6 Å². The number of likely N-dealkylation sites (N-methyl/N-ethyl adjacent to an activating group) is 1. The van der Waals surface area contributed by atoms with E-state index in [1.54, 1.807) is 0 Å². The Bertz CT molecular complexity index is 508. The summed E-state index contributed by atoms with van der Waals surface area (Å²) in [7, 11) is 1.24. The van der Waals surface area contributed by atoms with Gasteiger partial charge in [0.15, 0.2) is 5.82 Å². The van der Waals surface area contributed by atoms with Crippen LogP contribution >= 0.6 is 0 Å². The molecule has 0 unspecified atom stereocenters. The van der Waals surface area contributed by atoms with Crippen molar-refractivity contribution in [3.8, 4) is 0 Å². The highest BCUT2D eigenvalue weighted by Gasteiger charge is 2.35. The summed E-state index contributed by atoms with van der Waals surface area (Å²) in [5, 5.41) is 19.8. The molecule has 0 aliphatic heterocycles. The van der Waals surface area contributed by atoms with Gasteiger partial charge in [0.25, 0.3) is 0 Å². The van der Waals surface area contributed by atoms with Crippen molar-refractivity contribution in [1.29, 1.82) is 0 Å². The van der Waals surface area contributed by atoms with Crippen LogP contribution in [0, 0.1) is 5.82 Å². The molecule has 118 valence electrons. The highest BCUT2D eigenvalue weighted by molar-refractivity contribution is 5.89. The van der Waals surface area contributed by atoms with E-state index in [0.717, 1.165) is 17.0 Å². The smallest absolute Gasteiger partial charge is 0.394 e. The van der Waals surface area contributed by atoms with Gasteiger partial charge in [-0.15, -0.1) is 0 Å². The Kier molecular flexibility index (Phi) is 5.50. The summed E-state index contributed by atoms with van der Waals surface area (Å²) < 4.78 is 51.2. The minimum Gasteiger partial charge on any atom is -0.394 e. The van der Waals surface area contributed by atoms with Crippen molar-refractivity contribution in [2.75, 3.05) is 25.5 Å². The van der Waals surface area contributed by atoms with Crippen LogP contribution in [-0.4, -0.2) is 47.4 Å². The van der Waals surface area contributed by atoms with E-state index < -0.39 is 42.0 Å². The minimum atomic E-state index is -4.87. The predicted octanol–water partition coefficient (Wildman–Crippen LogP) is 1.66. The van der Waals surface area contributed by atoms with E-state index in [-0.39, 0.29) is 6.54 Å². The third-order valence-corrected chi connectivity index (χ3v) is 2.59. The zero-order valence-electron chi connectivity index (χ0n) is 11.0. The van der Waals surface area contributed by atoms with Crippen LogP contribution in [0.4, 0.5) is 28.0 Å². The summed E-state index contributed by atoms with van der Waals surface area (Å²) in [6.07, 6.45) is -6.07. The van der Waals surface area contributed by atoms with Crippen LogP contribution in [0.3, 0.4) is 0 Å². The van der Waals surface area contributed by atoms with Gasteiger partial charge in [-0.2, -0.15) is 13.2 Å². The van der Waals surface area contributed by atoms with Crippen LogP contribution < -0.4 is 5.32 Å². The van der Waals surface area contributed by atoms with Gasteiger partial charge in [-0.25, -0.2) is 9.18 Å². The summed E-state index contributed by atoms with van der Waals surface area (Å²) in [6, 6.07) is 1.59. The van der Waals surface area contributed by atoms with E-state index in [1.807, 2.05) is 5.32 Å². The molecular formula is C12H14F4N2O3. The number of carbonyl (C=O) groups excluding carboxylic acids is 1. The van der Waals surface area contributed by atoms with Crippen molar-refractivity contribution in [2.24, 2.45) is 0 Å². The molecule has 0 fully saturated rings. The molecule has 1 aromatic rings. The molecule has 1 rings (SSSR count). The fourth-order valence-electron chi connectivity index (χ4n) is 1.51. The number of rotatable bonds is 4. The van der Waals surface area contributed by atoms with Gasteiger partial charge < -0.3 is 20.4 Å². The summed E-state index contributed by atoms with van der Waals surface area (Å²) in [6.45, 7) is -0.849. The average Bonchev–Trinajstić information content (AvgIpc) is 2.39. The number of benzene rings is 1. The van der Waals surface area contributed by atoms with Gasteiger partial charge in [0.05, 0.1) is 30.5 Å². The lowest BCUT2D eigenvalue weighted by atomic mass is 10.2. The molecule has 1 atom stereocenters. The number of nitrogens with zero attached hydrogens (tertiary/aromatic N) is 1. The van der Waals surface area contributed by atoms with Crippen LogP contribution in [0.2, 0.25) is 0 Å². The molecule has 0 radical (unpaired) electrons. The predicted molar refractivity (Wildman–Crippen MR) is 66.1 cm³/mol. The number of halogens is 4. The van der Waals surface area contributed by atoms with Gasteiger partial charge >= 0.3 is 12.2 Å². The van der Waals surface area contributed by atoms with Gasteiger partial charge in [0.1, 0.15) is 0 Å². The SMILES string of the molecule is CN(C[C@H](O)CO)C(=O)Nc1cccc(C(F)(F)F)c1F. The summed E-state index contributed by atoms with van der Waals surface area (Å²) in [4.78, 5) is 12.6. The van der Waals surface area contributed by atoms with Crippen LogP contribution in [0.15, 0.2) is 18.2 Å². The van der Waals surface area contributed by atoms with E-state index in [4.69, 9.17) is 10.2 Å². The second-order valence-corrected chi connectivity index (χ2v) is 4.31. The second-order valence-electron chi connectivity index (χ2n) is 4.31. The second kappa shape index (κ2) is 6.72. The number of urea groups is 1. The Morgan fingerprint density at radius 2 is 2.05 bits per heavy atom. The van der Waals surface area contributed by atoms with Crippen molar-refractivity contribution < 1.29 is 32.6 Å². The molecule has 0 aliphatic rings. The fourth-order valence-corrected chi connectivity index (χ4v) is 1.51. The summed E-state index contributed by atoms with van der Waals surface area (Å²) in [5.41, 5.74) is -2.11. The first-order valence-electron chi connectivity index (χ1n) is 5.83. The Morgan fingerprint density at radius 1 is 1.43 bits per heavy atom. The summed E-state index contributed by atoms with van der Waals surface area (Å²) >= 11 is 0. The standard InChI is InChI=1S/C12H14F4N2O3/c1-18(5-7(20)6-19)11(21)17-9-4-2-3-8(10(9)13)12(14,15)16/h2-4,7,19-20H,5-6H2,1H3,(H,17,21)/t7-/m0/s1. The fraction of sp³-hybridized carbons (Fsp3) is 0.417. The first kappa shape index (κ1) is 17.2. The lowest BCUT2D eigenvalue weighted by molar-refractivity contribution is -0.139. The lowest BCUT2D eigenvalue weighted by Gasteiger charge is -2.21. The Balaban J connectivity index is 2.86. The van der Waals surface area contributed by atoms with E-state index >= 15 is 0 Å². The van der Waals surface area contributed by atoms with Crippen LogP contribution in [0.1, 0.15) is 5.56 Å². The normalized spacial score (nSPS) is 12.9. The maximum absolute atomic E-state index is 13.7. The van der Waals surface area contributed by atoms with E-state index in [1.165, 1.54) is 7.05 Å². The molecule has 0 saturated heterocycles. The number of anilines is 1. The minimum absolute atomic E-state index is 0.261. The van der Waals surface area contributed by atoms with Crippen LogP contribution in [0.5, 0.6) is 0 Å². The van der Waals surface area contributed by atoms with Gasteiger partial charge in [-0.1, -0.05) is 6.07 Å². The topological polar surface area (TPSA) is 72.8 Å². The van der Waals surface area contributed by atoms with Gasteiger partial charge in [0, 0.05) is 7.05 Å². The maximum Gasteiger partial charge on any atom is 0.419 e. The molecule has 1 aromatic carbocycles. The molecule has 0 bridgehead atoms. The number of carbonyl (C=O) groups is 1. The highest BCUT2D eigenvalue weighted by atomic mass is 19.4. The number of hydrogen-bond donors (Lipinski definition) is 3. The zero-order valence-corrected chi connectivity index (χ0v) is 11.0. The molecule has 21 heavy (non-hydrogen) atoms. The Labute approximate surface area is 117 Å². The molecule has 0 saturated carbocycles. The average molecular weight is 310 g/mol. The number of amides is 2. The van der Waals surface area contributed by atoms with E-state index in [9.17, 15) is 22.4 Å². The van der Waals surface area contributed by atoms with E-state index in [0.29, 0.717) is 6.07 Å². The number of aliphatic hydroxyl groups is 2. The Hall–Kier alpha value is -1.87. The first-order chi connectivity index (χ1) is 9.66. The van der Waals surface area contributed by atoms with Crippen molar-refractivity contribution in [3.63, 3.8) is 0 Å². The van der Waals surface area contributed by atoms with Crippen LogP contribution in [0.25, 0.3) is 0 Å². The van der Waals surface area contributed by atoms with Crippen LogP contribution in [-0.2, 0) is 6.18 Å². The molecule has 0 aliphatic carbocycles. The van der Waals surface area contributed by atoms with Gasteiger partial charge in [-0.3, -0.25) is 0 Å². The molecule has 0 spiro atoms. The molecule has 0 aromatic heterocycles. The third kappa shape index (κ3) is 4.57. The Morgan fingerprint density at radius 3 is 2.57 bits per heavy atom. The molecule has 9 heteroatoms. The summed E-state index contributed by atoms with van der Waals surface area (Å²) in [5.74, 6) is -1.59. The maximum atomic E-state index is 13.7. The number of hydrogen-bond acceptors (Lipinski definition) is 3. The molecule has 3 N–H and O–H groups in total. The van der Waals surface area contributed by atoms with Crippen molar-refractivity contribution >= 4 is 11.7 Å². The van der Waals surface area contributed by atoms with Crippen molar-refractivity contribution in [2.45, 2.75) is 12.3 Å². The van der Waals surface area contributed by atoms with E-state index in [2.05, 4.69) is 0 Å². The number of alkyl halides is 3.